The molecule has 3 aromatic rings. The van der Waals surface area contributed by atoms with E-state index in [1.54, 1.807) is 4.52 Å². The van der Waals surface area contributed by atoms with Gasteiger partial charge >= 0.3 is 0 Å². The summed E-state index contributed by atoms with van der Waals surface area (Å²) in [7, 11) is 0. The molecule has 0 saturated carbocycles. The summed E-state index contributed by atoms with van der Waals surface area (Å²) in [5.74, 6) is 0. The summed E-state index contributed by atoms with van der Waals surface area (Å²) < 4.78 is 1.64. The van der Waals surface area contributed by atoms with E-state index in [9.17, 15) is 4.79 Å². The van der Waals surface area contributed by atoms with Gasteiger partial charge in [0.1, 0.15) is 16.4 Å². The van der Waals surface area contributed by atoms with Crippen molar-refractivity contribution in [3.63, 3.8) is 0 Å². The lowest BCUT2D eigenvalue weighted by Crippen LogP contribution is -1.94. The van der Waals surface area contributed by atoms with E-state index in [1.165, 1.54) is 16.9 Å². The van der Waals surface area contributed by atoms with Crippen molar-refractivity contribution in [2.45, 2.75) is 20.3 Å². The molecule has 0 radical (unpaired) electrons. The van der Waals surface area contributed by atoms with Crippen LogP contribution >= 0.6 is 11.3 Å². The zero-order chi connectivity index (χ0) is 13.4. The van der Waals surface area contributed by atoms with Gasteiger partial charge in [0.25, 0.3) is 0 Å². The third kappa shape index (κ3) is 1.96. The van der Waals surface area contributed by atoms with Crippen LogP contribution in [0.15, 0.2) is 24.3 Å². The second-order valence-electron chi connectivity index (χ2n) is 4.37. The minimum atomic E-state index is 0.523. The monoisotopic (exact) mass is 271 g/mol. The van der Waals surface area contributed by atoms with Crippen molar-refractivity contribution in [2.75, 3.05) is 0 Å². The standard InChI is InChI=1S/C14H13N3OS/c1-3-12-16-17-11(8-18)13(15-14(17)19-12)10-6-4-9(2)5-7-10/h4-8H,3H2,1-2H3. The van der Waals surface area contributed by atoms with E-state index in [1.807, 2.05) is 38.1 Å². The summed E-state index contributed by atoms with van der Waals surface area (Å²) >= 11 is 1.53. The number of nitrogens with zero attached hydrogens (tertiary/aromatic N) is 3. The topological polar surface area (TPSA) is 47.3 Å². The third-order valence-corrected chi connectivity index (χ3v) is 4.07. The maximum Gasteiger partial charge on any atom is 0.213 e. The van der Waals surface area contributed by atoms with Crippen LogP contribution in [-0.4, -0.2) is 20.9 Å². The van der Waals surface area contributed by atoms with Gasteiger partial charge in [-0.25, -0.2) is 4.98 Å². The number of hydrogen-bond donors (Lipinski definition) is 0. The van der Waals surface area contributed by atoms with Crippen molar-refractivity contribution in [1.82, 2.24) is 14.6 Å². The van der Waals surface area contributed by atoms with Crippen LogP contribution in [-0.2, 0) is 6.42 Å². The molecule has 0 spiro atoms. The Morgan fingerprint density at radius 3 is 2.68 bits per heavy atom. The van der Waals surface area contributed by atoms with Crippen LogP contribution < -0.4 is 0 Å². The SMILES string of the molecule is CCc1nn2c(C=O)c(-c3ccc(C)cc3)nc2s1. The highest BCUT2D eigenvalue weighted by Gasteiger charge is 2.16. The van der Waals surface area contributed by atoms with Crippen LogP contribution in [0.5, 0.6) is 0 Å². The number of benzene rings is 1. The Morgan fingerprint density at radius 2 is 2.05 bits per heavy atom. The molecular formula is C14H13N3OS. The molecule has 3 rings (SSSR count). The van der Waals surface area contributed by atoms with Gasteiger partial charge in [0.2, 0.25) is 4.96 Å². The van der Waals surface area contributed by atoms with Crippen LogP contribution in [0.25, 0.3) is 16.2 Å². The molecule has 2 aromatic heterocycles. The van der Waals surface area contributed by atoms with Gasteiger partial charge in [0, 0.05) is 5.56 Å². The van der Waals surface area contributed by atoms with Crippen LogP contribution in [0.2, 0.25) is 0 Å². The molecule has 4 nitrogen and oxygen atoms in total. The minimum absolute atomic E-state index is 0.523. The highest BCUT2D eigenvalue weighted by atomic mass is 32.1. The van der Waals surface area contributed by atoms with E-state index in [4.69, 9.17) is 0 Å². The van der Waals surface area contributed by atoms with Gasteiger partial charge in [-0.05, 0) is 13.3 Å². The molecule has 0 aliphatic heterocycles. The summed E-state index contributed by atoms with van der Waals surface area (Å²) in [6.45, 7) is 4.07. The molecule has 0 fully saturated rings. The number of imidazole rings is 1. The van der Waals surface area contributed by atoms with Crippen molar-refractivity contribution < 1.29 is 4.79 Å². The molecule has 1 aromatic carbocycles. The van der Waals surface area contributed by atoms with Gasteiger partial charge in [-0.3, -0.25) is 4.79 Å². The molecule has 0 bridgehead atoms. The smallest absolute Gasteiger partial charge is 0.213 e. The Morgan fingerprint density at radius 1 is 1.32 bits per heavy atom. The molecule has 19 heavy (non-hydrogen) atoms. The number of aldehydes is 1. The van der Waals surface area contributed by atoms with Crippen LogP contribution in [0, 0.1) is 6.92 Å². The lowest BCUT2D eigenvalue weighted by molar-refractivity contribution is 0.111. The summed E-state index contributed by atoms with van der Waals surface area (Å²) in [5.41, 5.74) is 3.36. The van der Waals surface area contributed by atoms with Crippen molar-refractivity contribution in [3.8, 4) is 11.3 Å². The van der Waals surface area contributed by atoms with Crippen molar-refractivity contribution >= 4 is 22.6 Å². The molecule has 0 aliphatic rings. The number of hydrogen-bond acceptors (Lipinski definition) is 4. The summed E-state index contributed by atoms with van der Waals surface area (Å²) in [6.07, 6.45) is 1.68. The first kappa shape index (κ1) is 12.0. The van der Waals surface area contributed by atoms with Crippen LogP contribution in [0.4, 0.5) is 0 Å². The van der Waals surface area contributed by atoms with Crippen LogP contribution in [0.3, 0.4) is 0 Å². The van der Waals surface area contributed by atoms with Crippen molar-refractivity contribution in [2.24, 2.45) is 0 Å². The first-order valence-corrected chi connectivity index (χ1v) is 6.95. The lowest BCUT2D eigenvalue weighted by Gasteiger charge is -1.99. The number of carbonyl (C=O) groups is 1. The Balaban J connectivity index is 2.20. The van der Waals surface area contributed by atoms with Crippen molar-refractivity contribution in [3.05, 3.63) is 40.5 Å². The fourth-order valence-electron chi connectivity index (χ4n) is 1.98. The van der Waals surface area contributed by atoms with Gasteiger partial charge in [-0.15, -0.1) is 0 Å². The van der Waals surface area contributed by atoms with E-state index >= 15 is 0 Å². The third-order valence-electron chi connectivity index (χ3n) is 3.02. The average Bonchev–Trinajstić information content (AvgIpc) is 2.96. The molecule has 0 amide bonds. The Hall–Kier alpha value is -2.01. The van der Waals surface area contributed by atoms with Gasteiger partial charge in [-0.1, -0.05) is 48.1 Å². The fraction of sp³-hybridized carbons (Fsp3) is 0.214. The van der Waals surface area contributed by atoms with E-state index in [0.717, 1.165) is 28.2 Å². The number of aromatic nitrogens is 3. The maximum atomic E-state index is 11.3. The molecule has 0 unspecified atom stereocenters. The zero-order valence-electron chi connectivity index (χ0n) is 10.8. The second kappa shape index (κ2) is 4.59. The van der Waals surface area contributed by atoms with Gasteiger partial charge in [0.05, 0.1) is 0 Å². The maximum absolute atomic E-state index is 11.3. The second-order valence-corrected chi connectivity index (χ2v) is 5.41. The molecule has 2 heterocycles. The van der Waals surface area contributed by atoms with Crippen molar-refractivity contribution in [1.29, 1.82) is 0 Å². The quantitative estimate of drug-likeness (QED) is 0.687. The number of aryl methyl sites for hydroxylation is 2. The molecule has 5 heteroatoms. The summed E-state index contributed by atoms with van der Waals surface area (Å²) in [5, 5.41) is 5.39. The minimum Gasteiger partial charge on any atom is -0.296 e. The summed E-state index contributed by atoms with van der Waals surface area (Å²) in [6, 6.07) is 8.00. The van der Waals surface area contributed by atoms with Gasteiger partial charge in [0.15, 0.2) is 6.29 Å². The molecular weight excluding hydrogens is 258 g/mol. The molecule has 0 atom stereocenters. The molecule has 0 aliphatic carbocycles. The molecule has 96 valence electrons. The Bertz CT molecular complexity index is 740. The van der Waals surface area contributed by atoms with Gasteiger partial charge in [-0.2, -0.15) is 9.61 Å². The van der Waals surface area contributed by atoms with Gasteiger partial charge < -0.3 is 0 Å². The fourth-order valence-corrected chi connectivity index (χ4v) is 2.82. The average molecular weight is 271 g/mol. The molecule has 0 saturated heterocycles. The van der Waals surface area contributed by atoms with E-state index < -0.39 is 0 Å². The zero-order valence-corrected chi connectivity index (χ0v) is 11.6. The first-order valence-electron chi connectivity index (χ1n) is 6.13. The van der Waals surface area contributed by atoms with E-state index in [0.29, 0.717) is 11.4 Å². The summed E-state index contributed by atoms with van der Waals surface area (Å²) in [4.78, 5) is 16.7. The number of carbonyl (C=O) groups excluding carboxylic acids is 1. The lowest BCUT2D eigenvalue weighted by atomic mass is 10.1. The number of fused-ring (bicyclic) bond motifs is 1. The Kier molecular flexibility index (Phi) is 2.91. The number of rotatable bonds is 3. The molecule has 0 N–H and O–H groups in total. The van der Waals surface area contributed by atoms with E-state index in [2.05, 4.69) is 10.1 Å². The highest BCUT2D eigenvalue weighted by Crippen LogP contribution is 2.26. The first-order chi connectivity index (χ1) is 9.22. The largest absolute Gasteiger partial charge is 0.296 e. The normalized spacial score (nSPS) is 11.1. The van der Waals surface area contributed by atoms with Crippen LogP contribution in [0.1, 0.15) is 28.0 Å². The Labute approximate surface area is 114 Å². The predicted molar refractivity (Wildman–Crippen MR) is 75.8 cm³/mol. The predicted octanol–water partition coefficient (Wildman–Crippen LogP) is 3.14. The highest BCUT2D eigenvalue weighted by molar-refractivity contribution is 7.16. The van der Waals surface area contributed by atoms with E-state index in [-0.39, 0.29) is 0 Å².